The predicted molar refractivity (Wildman–Crippen MR) is 76.0 cm³/mol. The second-order valence-electron chi connectivity index (χ2n) is 4.39. The van der Waals surface area contributed by atoms with Gasteiger partial charge >= 0.3 is 0 Å². The maximum atomic E-state index is 13.2. The van der Waals surface area contributed by atoms with Gasteiger partial charge in [0.15, 0.2) is 5.78 Å². The molecule has 0 N–H and O–H groups in total. The Hall–Kier alpha value is -2.27. The van der Waals surface area contributed by atoms with Crippen molar-refractivity contribution in [1.29, 1.82) is 0 Å². The second kappa shape index (κ2) is 7.50. The van der Waals surface area contributed by atoms with Crippen LogP contribution in [-0.4, -0.2) is 31.1 Å². The molecule has 1 heterocycles. The van der Waals surface area contributed by atoms with Gasteiger partial charge in [0.2, 0.25) is 0 Å². The highest BCUT2D eigenvalue weighted by molar-refractivity contribution is 5.99. The molecule has 1 aromatic heterocycles. The Balaban J connectivity index is 1.86. The van der Waals surface area contributed by atoms with Gasteiger partial charge in [-0.1, -0.05) is 6.07 Å². The maximum Gasteiger partial charge on any atom is 0.192 e. The van der Waals surface area contributed by atoms with Gasteiger partial charge in [0.25, 0.3) is 0 Å². The minimum Gasteiger partial charge on any atom is -0.496 e. The number of rotatable bonds is 7. The molecule has 0 spiro atoms. The van der Waals surface area contributed by atoms with Gasteiger partial charge < -0.3 is 9.47 Å². The van der Waals surface area contributed by atoms with Crippen molar-refractivity contribution >= 4 is 5.78 Å². The summed E-state index contributed by atoms with van der Waals surface area (Å²) in [5.74, 6) is -0.449. The molecule has 21 heavy (non-hydrogen) atoms. The van der Waals surface area contributed by atoms with Crippen LogP contribution in [0.4, 0.5) is 4.39 Å². The monoisotopic (exact) mass is 289 g/mol. The topological polar surface area (TPSA) is 48.4 Å². The second-order valence-corrected chi connectivity index (χ2v) is 4.39. The third kappa shape index (κ3) is 4.36. The van der Waals surface area contributed by atoms with E-state index in [2.05, 4.69) is 4.98 Å². The van der Waals surface area contributed by atoms with Crippen LogP contribution in [0.5, 0.6) is 5.75 Å². The Kier molecular flexibility index (Phi) is 5.40. The molecule has 4 nitrogen and oxygen atoms in total. The number of methoxy groups -OCH3 is 1. The van der Waals surface area contributed by atoms with Gasteiger partial charge in [-0.05, 0) is 30.3 Å². The lowest BCUT2D eigenvalue weighted by atomic mass is 10.1. The maximum absolute atomic E-state index is 13.2. The summed E-state index contributed by atoms with van der Waals surface area (Å²) >= 11 is 0. The van der Waals surface area contributed by atoms with Crippen LogP contribution in [-0.2, 0) is 11.2 Å². The van der Waals surface area contributed by atoms with Crippen LogP contribution in [0.25, 0.3) is 0 Å². The van der Waals surface area contributed by atoms with Gasteiger partial charge in [-0.15, -0.1) is 0 Å². The zero-order valence-electron chi connectivity index (χ0n) is 11.7. The molecule has 0 bridgehead atoms. The Labute approximate surface area is 122 Å². The number of ketones is 1. The first-order valence-electron chi connectivity index (χ1n) is 6.55. The summed E-state index contributed by atoms with van der Waals surface area (Å²) in [6.07, 6.45) is 2.33. The number of carbonyl (C=O) groups excluding carboxylic acids is 1. The summed E-state index contributed by atoms with van der Waals surface area (Å²) in [5, 5.41) is 0. The fourth-order valence-corrected chi connectivity index (χ4v) is 1.86. The average Bonchev–Trinajstić information content (AvgIpc) is 2.52. The van der Waals surface area contributed by atoms with E-state index in [9.17, 15) is 9.18 Å². The van der Waals surface area contributed by atoms with Crippen molar-refractivity contribution in [3.05, 3.63) is 59.7 Å². The number of aromatic nitrogens is 1. The first-order chi connectivity index (χ1) is 10.2. The predicted octanol–water partition coefficient (Wildman–Crippen LogP) is 2.67. The van der Waals surface area contributed by atoms with Gasteiger partial charge in [0, 0.05) is 18.3 Å². The number of halogens is 1. The molecule has 2 aromatic rings. The molecule has 0 aliphatic carbocycles. The van der Waals surface area contributed by atoms with Crippen LogP contribution in [0.15, 0.2) is 42.6 Å². The van der Waals surface area contributed by atoms with E-state index >= 15 is 0 Å². The highest BCUT2D eigenvalue weighted by atomic mass is 19.1. The summed E-state index contributed by atoms with van der Waals surface area (Å²) in [5.41, 5.74) is 1.09. The summed E-state index contributed by atoms with van der Waals surface area (Å²) in [6.45, 7) is 0.257. The van der Waals surface area contributed by atoms with Crippen LogP contribution in [0.2, 0.25) is 0 Å². The van der Waals surface area contributed by atoms with E-state index in [0.717, 1.165) is 11.8 Å². The van der Waals surface area contributed by atoms with Gasteiger partial charge in [-0.2, -0.15) is 0 Å². The Morgan fingerprint density at radius 1 is 1.29 bits per heavy atom. The molecule has 0 unspecified atom stereocenters. The highest BCUT2D eigenvalue weighted by Crippen LogP contribution is 2.19. The fraction of sp³-hybridized carbons (Fsp3) is 0.250. The van der Waals surface area contributed by atoms with Crippen molar-refractivity contribution in [2.45, 2.75) is 6.42 Å². The van der Waals surface area contributed by atoms with E-state index in [4.69, 9.17) is 9.47 Å². The molecule has 0 fully saturated rings. The minimum absolute atomic E-state index is 0.118. The van der Waals surface area contributed by atoms with Crippen LogP contribution in [0.1, 0.15) is 16.1 Å². The zero-order chi connectivity index (χ0) is 15.1. The highest BCUT2D eigenvalue weighted by Gasteiger charge is 2.13. The molecule has 0 saturated heterocycles. The Morgan fingerprint density at radius 2 is 2.14 bits per heavy atom. The summed E-state index contributed by atoms with van der Waals surface area (Å²) in [6, 6.07) is 9.45. The van der Waals surface area contributed by atoms with Crippen molar-refractivity contribution in [3.63, 3.8) is 0 Å². The first kappa shape index (κ1) is 15.1. The summed E-state index contributed by atoms with van der Waals surface area (Å²) in [4.78, 5) is 16.2. The van der Waals surface area contributed by atoms with E-state index in [1.165, 1.54) is 19.2 Å². The van der Waals surface area contributed by atoms with Crippen molar-refractivity contribution < 1.29 is 18.7 Å². The zero-order valence-corrected chi connectivity index (χ0v) is 11.7. The molecular formula is C16H16FNO3. The molecule has 0 radical (unpaired) electrons. The number of Topliss-reactive ketones (excluding diaryl/α,β-unsaturated/α-hetero) is 1. The van der Waals surface area contributed by atoms with E-state index < -0.39 is 5.82 Å². The molecular weight excluding hydrogens is 273 g/mol. The first-order valence-corrected chi connectivity index (χ1v) is 6.55. The molecule has 0 aliphatic heterocycles. The summed E-state index contributed by atoms with van der Waals surface area (Å²) < 4.78 is 23.6. The van der Waals surface area contributed by atoms with Gasteiger partial charge in [0.05, 0.1) is 19.3 Å². The molecule has 2 rings (SSSR count). The third-order valence-electron chi connectivity index (χ3n) is 2.92. The quantitative estimate of drug-likeness (QED) is 0.581. The molecule has 0 saturated carbocycles. The normalized spacial score (nSPS) is 10.4. The Bertz CT molecular complexity index is 602. The number of ether oxygens (including phenoxy) is 2. The SMILES string of the molecule is COc1ccc(F)cc1C(=O)COCCc1ccccn1. The number of nitrogens with zero attached hydrogens (tertiary/aromatic N) is 1. The number of carbonyl (C=O) groups is 1. The molecule has 1 aromatic carbocycles. The van der Waals surface area contributed by atoms with Gasteiger partial charge in [-0.25, -0.2) is 4.39 Å². The lowest BCUT2D eigenvalue weighted by molar-refractivity contribution is 0.0761. The minimum atomic E-state index is -0.479. The Morgan fingerprint density at radius 3 is 2.86 bits per heavy atom. The smallest absolute Gasteiger partial charge is 0.192 e. The van der Waals surface area contributed by atoms with Crippen LogP contribution in [0.3, 0.4) is 0 Å². The van der Waals surface area contributed by atoms with E-state index in [1.807, 2.05) is 18.2 Å². The van der Waals surface area contributed by atoms with E-state index in [1.54, 1.807) is 6.20 Å². The van der Waals surface area contributed by atoms with Crippen LogP contribution in [0, 0.1) is 5.82 Å². The van der Waals surface area contributed by atoms with Crippen molar-refractivity contribution in [3.8, 4) is 5.75 Å². The van der Waals surface area contributed by atoms with E-state index in [-0.39, 0.29) is 18.0 Å². The molecule has 0 aliphatic rings. The van der Waals surface area contributed by atoms with Crippen molar-refractivity contribution in [2.24, 2.45) is 0 Å². The third-order valence-corrected chi connectivity index (χ3v) is 2.92. The molecule has 0 atom stereocenters. The fourth-order valence-electron chi connectivity index (χ4n) is 1.86. The number of benzene rings is 1. The van der Waals surface area contributed by atoms with E-state index in [0.29, 0.717) is 18.8 Å². The van der Waals surface area contributed by atoms with Crippen LogP contribution < -0.4 is 4.74 Å². The van der Waals surface area contributed by atoms with Gasteiger partial charge in [-0.3, -0.25) is 9.78 Å². The number of pyridine rings is 1. The molecule has 110 valence electrons. The molecule has 0 amide bonds. The number of hydrogen-bond donors (Lipinski definition) is 0. The van der Waals surface area contributed by atoms with Crippen molar-refractivity contribution in [1.82, 2.24) is 4.98 Å². The van der Waals surface area contributed by atoms with Crippen LogP contribution >= 0.6 is 0 Å². The van der Waals surface area contributed by atoms with Gasteiger partial charge in [0.1, 0.15) is 18.2 Å². The largest absolute Gasteiger partial charge is 0.496 e. The summed E-state index contributed by atoms with van der Waals surface area (Å²) in [7, 11) is 1.44. The average molecular weight is 289 g/mol. The standard InChI is InChI=1S/C16H16FNO3/c1-20-16-6-5-12(17)10-14(16)15(19)11-21-9-7-13-4-2-3-8-18-13/h2-6,8,10H,7,9,11H2,1H3. The lowest BCUT2D eigenvalue weighted by Crippen LogP contribution is -2.12. The number of hydrogen-bond acceptors (Lipinski definition) is 4. The lowest BCUT2D eigenvalue weighted by Gasteiger charge is -2.08. The van der Waals surface area contributed by atoms with Crippen molar-refractivity contribution in [2.75, 3.05) is 20.3 Å². The molecule has 5 heteroatoms.